The van der Waals surface area contributed by atoms with E-state index in [4.69, 9.17) is 10.2 Å². The summed E-state index contributed by atoms with van der Waals surface area (Å²) in [6.07, 6.45) is 2.87. The molecule has 1 aromatic rings. The van der Waals surface area contributed by atoms with Crippen molar-refractivity contribution in [1.82, 2.24) is 4.90 Å². The van der Waals surface area contributed by atoms with Crippen molar-refractivity contribution in [2.45, 2.75) is 52.1 Å². The third-order valence-electron chi connectivity index (χ3n) is 3.90. The molecule has 1 saturated heterocycles. The zero-order valence-corrected chi connectivity index (χ0v) is 12.1. The van der Waals surface area contributed by atoms with E-state index in [2.05, 4.69) is 13.8 Å². The Morgan fingerprint density at radius 2 is 2.32 bits per heavy atom. The molecule has 1 aliphatic rings. The number of piperidine rings is 1. The van der Waals surface area contributed by atoms with Crippen LogP contribution in [0.15, 0.2) is 16.5 Å². The third-order valence-corrected chi connectivity index (χ3v) is 3.90. The number of carbonyl (C=O) groups excluding carboxylic acids is 1. The van der Waals surface area contributed by atoms with Gasteiger partial charge in [0.1, 0.15) is 11.5 Å². The molecule has 2 rings (SSSR count). The van der Waals surface area contributed by atoms with Gasteiger partial charge in [0.2, 0.25) is 5.91 Å². The van der Waals surface area contributed by atoms with Crippen molar-refractivity contribution in [3.63, 3.8) is 0 Å². The first-order chi connectivity index (χ1) is 9.02. The molecule has 0 radical (unpaired) electrons. The lowest BCUT2D eigenvalue weighted by atomic mass is 9.90. The molecule has 1 aliphatic heterocycles. The maximum absolute atomic E-state index is 12.2. The molecular formula is C15H24N2O2. The Kier molecular flexibility index (Phi) is 4.30. The highest BCUT2D eigenvalue weighted by Gasteiger charge is 2.33. The largest absolute Gasteiger partial charge is 0.464 e. The van der Waals surface area contributed by atoms with Gasteiger partial charge in [0.15, 0.2) is 0 Å². The molecule has 106 valence electrons. The minimum Gasteiger partial charge on any atom is -0.464 e. The number of likely N-dealkylation sites (tertiary alicyclic amines) is 1. The lowest BCUT2D eigenvalue weighted by molar-refractivity contribution is -0.137. The molecule has 0 bridgehead atoms. The third kappa shape index (κ3) is 3.00. The maximum atomic E-state index is 12.2. The van der Waals surface area contributed by atoms with Gasteiger partial charge < -0.3 is 15.1 Å². The van der Waals surface area contributed by atoms with Gasteiger partial charge in [-0.2, -0.15) is 0 Å². The molecule has 1 fully saturated rings. The van der Waals surface area contributed by atoms with Crippen molar-refractivity contribution in [2.75, 3.05) is 6.54 Å². The molecule has 2 N–H and O–H groups in total. The molecule has 2 heterocycles. The Hall–Kier alpha value is -1.29. The quantitative estimate of drug-likeness (QED) is 0.912. The van der Waals surface area contributed by atoms with Crippen LogP contribution in [0.25, 0.3) is 0 Å². The molecule has 0 spiro atoms. The first-order valence-corrected chi connectivity index (χ1v) is 7.17. The number of hydrogen-bond donors (Lipinski definition) is 1. The van der Waals surface area contributed by atoms with Crippen LogP contribution in [0.4, 0.5) is 0 Å². The minimum atomic E-state index is -0.448. The van der Waals surface area contributed by atoms with Crippen molar-refractivity contribution in [3.8, 4) is 0 Å². The number of furan rings is 1. The monoisotopic (exact) mass is 264 g/mol. The fourth-order valence-corrected chi connectivity index (χ4v) is 2.70. The van der Waals surface area contributed by atoms with Crippen LogP contribution in [0, 0.1) is 5.92 Å². The summed E-state index contributed by atoms with van der Waals surface area (Å²) < 4.78 is 5.85. The second kappa shape index (κ2) is 5.78. The zero-order chi connectivity index (χ0) is 14.0. The Balaban J connectivity index is 2.23. The van der Waals surface area contributed by atoms with E-state index in [1.807, 2.05) is 17.0 Å². The van der Waals surface area contributed by atoms with E-state index < -0.39 is 6.04 Å². The standard InChI is InChI=1S/C15H24N2O2/c1-4-12-5-6-14(19-12)13-9-10(2)7-8-17(13)15(18)11(3)16/h5-6,10-11,13H,4,7-9,16H2,1-3H3. The first-order valence-electron chi connectivity index (χ1n) is 7.17. The summed E-state index contributed by atoms with van der Waals surface area (Å²) >= 11 is 0. The van der Waals surface area contributed by atoms with Crippen molar-refractivity contribution in [1.29, 1.82) is 0 Å². The second-order valence-corrected chi connectivity index (χ2v) is 5.62. The first kappa shape index (κ1) is 14.1. The molecule has 3 atom stereocenters. The van der Waals surface area contributed by atoms with E-state index in [1.165, 1.54) is 0 Å². The number of rotatable bonds is 3. The Morgan fingerprint density at radius 3 is 2.89 bits per heavy atom. The molecule has 1 aromatic heterocycles. The number of nitrogens with two attached hydrogens (primary N) is 1. The van der Waals surface area contributed by atoms with Crippen molar-refractivity contribution < 1.29 is 9.21 Å². The molecule has 4 heteroatoms. The fourth-order valence-electron chi connectivity index (χ4n) is 2.70. The summed E-state index contributed by atoms with van der Waals surface area (Å²) in [6, 6.07) is 3.60. The summed E-state index contributed by atoms with van der Waals surface area (Å²) in [5.41, 5.74) is 5.75. The van der Waals surface area contributed by atoms with Gasteiger partial charge in [-0.25, -0.2) is 0 Å². The highest BCUT2D eigenvalue weighted by molar-refractivity contribution is 5.81. The summed E-state index contributed by atoms with van der Waals surface area (Å²) in [7, 11) is 0. The van der Waals surface area contributed by atoms with Gasteiger partial charge in [-0.1, -0.05) is 13.8 Å². The normalized spacial score (nSPS) is 25.4. The van der Waals surface area contributed by atoms with E-state index in [1.54, 1.807) is 6.92 Å². The predicted octanol–water partition coefficient (Wildman–Crippen LogP) is 2.49. The molecule has 19 heavy (non-hydrogen) atoms. The molecule has 3 unspecified atom stereocenters. The van der Waals surface area contributed by atoms with E-state index in [0.717, 1.165) is 37.3 Å². The van der Waals surface area contributed by atoms with Crippen molar-refractivity contribution in [2.24, 2.45) is 11.7 Å². The fraction of sp³-hybridized carbons (Fsp3) is 0.667. The summed E-state index contributed by atoms with van der Waals surface area (Å²) in [5.74, 6) is 2.50. The second-order valence-electron chi connectivity index (χ2n) is 5.62. The van der Waals surface area contributed by atoms with Crippen LogP contribution in [-0.2, 0) is 11.2 Å². The van der Waals surface area contributed by atoms with Crippen LogP contribution in [0.1, 0.15) is 51.2 Å². The van der Waals surface area contributed by atoms with Gasteiger partial charge in [-0.05, 0) is 37.8 Å². The summed E-state index contributed by atoms with van der Waals surface area (Å²) in [6.45, 7) is 6.81. The molecule has 4 nitrogen and oxygen atoms in total. The molecule has 0 aromatic carbocycles. The smallest absolute Gasteiger partial charge is 0.239 e. The topological polar surface area (TPSA) is 59.5 Å². The van der Waals surface area contributed by atoms with Gasteiger partial charge in [-0.15, -0.1) is 0 Å². The summed E-state index contributed by atoms with van der Waals surface area (Å²) in [4.78, 5) is 14.1. The van der Waals surface area contributed by atoms with E-state index >= 15 is 0 Å². The maximum Gasteiger partial charge on any atom is 0.239 e. The van der Waals surface area contributed by atoms with E-state index in [9.17, 15) is 4.79 Å². The van der Waals surface area contributed by atoms with Crippen LogP contribution in [-0.4, -0.2) is 23.4 Å². The Morgan fingerprint density at radius 1 is 1.58 bits per heavy atom. The molecule has 1 amide bonds. The highest BCUT2D eigenvalue weighted by Crippen LogP contribution is 2.35. The molecule has 0 saturated carbocycles. The van der Waals surface area contributed by atoms with Crippen LogP contribution in [0.2, 0.25) is 0 Å². The number of hydrogen-bond acceptors (Lipinski definition) is 3. The lowest BCUT2D eigenvalue weighted by Crippen LogP contribution is -2.47. The average Bonchev–Trinajstić information content (AvgIpc) is 2.86. The Labute approximate surface area is 114 Å². The van der Waals surface area contributed by atoms with Crippen molar-refractivity contribution in [3.05, 3.63) is 23.7 Å². The van der Waals surface area contributed by atoms with Crippen LogP contribution >= 0.6 is 0 Å². The van der Waals surface area contributed by atoms with Crippen LogP contribution in [0.3, 0.4) is 0 Å². The van der Waals surface area contributed by atoms with Gasteiger partial charge in [0.05, 0.1) is 12.1 Å². The SMILES string of the molecule is CCc1ccc(C2CC(C)CCN2C(=O)C(C)N)o1. The number of carbonyl (C=O) groups is 1. The van der Waals surface area contributed by atoms with Crippen molar-refractivity contribution >= 4 is 5.91 Å². The van der Waals surface area contributed by atoms with Gasteiger partial charge in [0.25, 0.3) is 0 Å². The van der Waals surface area contributed by atoms with E-state index in [-0.39, 0.29) is 11.9 Å². The lowest BCUT2D eigenvalue weighted by Gasteiger charge is -2.38. The minimum absolute atomic E-state index is 0.0198. The number of amides is 1. The van der Waals surface area contributed by atoms with Crippen LogP contribution in [0.5, 0.6) is 0 Å². The predicted molar refractivity (Wildman–Crippen MR) is 74.6 cm³/mol. The molecule has 0 aliphatic carbocycles. The van der Waals surface area contributed by atoms with Gasteiger partial charge >= 0.3 is 0 Å². The Bertz CT molecular complexity index is 439. The molecular weight excluding hydrogens is 240 g/mol. The van der Waals surface area contributed by atoms with Gasteiger partial charge in [0, 0.05) is 13.0 Å². The average molecular weight is 264 g/mol. The number of aryl methyl sites for hydroxylation is 1. The number of nitrogens with zero attached hydrogens (tertiary/aromatic N) is 1. The van der Waals surface area contributed by atoms with Gasteiger partial charge in [-0.3, -0.25) is 4.79 Å². The van der Waals surface area contributed by atoms with Crippen LogP contribution < -0.4 is 5.73 Å². The zero-order valence-electron chi connectivity index (χ0n) is 12.1. The highest BCUT2D eigenvalue weighted by atomic mass is 16.3. The summed E-state index contributed by atoms with van der Waals surface area (Å²) in [5, 5.41) is 0. The van der Waals surface area contributed by atoms with E-state index in [0.29, 0.717) is 5.92 Å².